The van der Waals surface area contributed by atoms with E-state index >= 15 is 0 Å². The van der Waals surface area contributed by atoms with Gasteiger partial charge in [-0.15, -0.1) is 0 Å². The van der Waals surface area contributed by atoms with Crippen molar-refractivity contribution >= 4 is 17.4 Å². The molecule has 1 aromatic heterocycles. The molecule has 2 amide bonds. The number of urea groups is 1. The average Bonchev–Trinajstić information content (AvgIpc) is 2.98. The topological polar surface area (TPSA) is 57.3 Å². The zero-order valence-corrected chi connectivity index (χ0v) is 12.3. The highest BCUT2D eigenvalue weighted by molar-refractivity contribution is 5.89. The number of nitrogens with zero attached hydrogens (tertiary/aromatic N) is 2. The third-order valence-corrected chi connectivity index (χ3v) is 3.74. The molecule has 2 aromatic rings. The summed E-state index contributed by atoms with van der Waals surface area (Å²) in [5, 5.41) is 5.22. The van der Waals surface area contributed by atoms with Gasteiger partial charge in [0.2, 0.25) is 0 Å². The van der Waals surface area contributed by atoms with Gasteiger partial charge in [0.25, 0.3) is 0 Å². The number of hydrogen-bond acceptors (Lipinski definition) is 3. The van der Waals surface area contributed by atoms with Gasteiger partial charge in [0, 0.05) is 25.3 Å². The van der Waals surface area contributed by atoms with E-state index < -0.39 is 11.8 Å². The number of amides is 2. The number of carbonyl (C=O) groups is 1. The van der Waals surface area contributed by atoms with Crippen molar-refractivity contribution in [2.45, 2.75) is 12.5 Å². The van der Waals surface area contributed by atoms with Crippen LogP contribution in [0.25, 0.3) is 0 Å². The SMILES string of the molecule is O=C(Nc1ccncc1F)NC1CCN(c2ccccc2F)C1. The lowest BCUT2D eigenvalue weighted by Gasteiger charge is -2.19. The zero-order valence-electron chi connectivity index (χ0n) is 12.3. The molecule has 0 spiro atoms. The highest BCUT2D eigenvalue weighted by Gasteiger charge is 2.25. The molecule has 23 heavy (non-hydrogen) atoms. The van der Waals surface area contributed by atoms with Crippen molar-refractivity contribution in [1.82, 2.24) is 10.3 Å². The smallest absolute Gasteiger partial charge is 0.319 e. The molecule has 1 aromatic carbocycles. The molecule has 7 heteroatoms. The first-order valence-corrected chi connectivity index (χ1v) is 7.30. The molecule has 1 aliphatic rings. The summed E-state index contributed by atoms with van der Waals surface area (Å²) < 4.78 is 27.2. The lowest BCUT2D eigenvalue weighted by Crippen LogP contribution is -2.40. The summed E-state index contributed by atoms with van der Waals surface area (Å²) in [6.45, 7) is 1.16. The predicted octanol–water partition coefficient (Wildman–Crippen LogP) is 2.76. The van der Waals surface area contributed by atoms with Gasteiger partial charge in [0.05, 0.1) is 17.6 Å². The van der Waals surface area contributed by atoms with Crippen molar-refractivity contribution in [3.63, 3.8) is 0 Å². The minimum Gasteiger partial charge on any atom is -0.367 e. The number of benzene rings is 1. The predicted molar refractivity (Wildman–Crippen MR) is 83.4 cm³/mol. The van der Waals surface area contributed by atoms with Gasteiger partial charge in [0.1, 0.15) is 5.82 Å². The van der Waals surface area contributed by atoms with Crippen LogP contribution in [0.15, 0.2) is 42.7 Å². The fourth-order valence-corrected chi connectivity index (χ4v) is 2.63. The van der Waals surface area contributed by atoms with Crippen LogP contribution in [0.3, 0.4) is 0 Å². The van der Waals surface area contributed by atoms with E-state index in [4.69, 9.17) is 0 Å². The Kier molecular flexibility index (Phi) is 4.36. The number of rotatable bonds is 3. The second-order valence-corrected chi connectivity index (χ2v) is 5.34. The van der Waals surface area contributed by atoms with E-state index in [0.29, 0.717) is 25.2 Å². The molecule has 0 aliphatic carbocycles. The molecule has 1 aliphatic heterocycles. The Morgan fingerprint density at radius 3 is 2.83 bits per heavy atom. The number of anilines is 2. The Hall–Kier alpha value is -2.70. The lowest BCUT2D eigenvalue weighted by atomic mass is 10.2. The molecule has 0 radical (unpaired) electrons. The molecule has 2 N–H and O–H groups in total. The molecule has 1 fully saturated rings. The summed E-state index contributed by atoms with van der Waals surface area (Å²) in [6, 6.07) is 7.31. The van der Waals surface area contributed by atoms with Gasteiger partial charge in [-0.25, -0.2) is 13.6 Å². The van der Waals surface area contributed by atoms with Gasteiger partial charge >= 0.3 is 6.03 Å². The number of pyridine rings is 1. The standard InChI is InChI=1S/C16H16F2N4O/c17-12-3-1-2-4-15(12)22-8-6-11(10-22)20-16(23)21-14-5-7-19-9-13(14)18/h1-5,7,9,11H,6,8,10H2,(H2,19,20,21,23). The van der Waals surface area contributed by atoms with Gasteiger partial charge in [-0.1, -0.05) is 12.1 Å². The Morgan fingerprint density at radius 1 is 1.22 bits per heavy atom. The van der Waals surface area contributed by atoms with E-state index in [-0.39, 0.29) is 17.5 Å². The molecular formula is C16H16F2N4O. The van der Waals surface area contributed by atoms with E-state index in [2.05, 4.69) is 15.6 Å². The van der Waals surface area contributed by atoms with Crippen molar-refractivity contribution in [2.24, 2.45) is 0 Å². The summed E-state index contributed by atoms with van der Waals surface area (Å²) in [5.41, 5.74) is 0.596. The van der Waals surface area contributed by atoms with Crippen LogP contribution in [-0.2, 0) is 0 Å². The summed E-state index contributed by atoms with van der Waals surface area (Å²) in [5.74, 6) is -0.876. The Morgan fingerprint density at radius 2 is 2.04 bits per heavy atom. The van der Waals surface area contributed by atoms with Crippen molar-refractivity contribution in [1.29, 1.82) is 0 Å². The molecule has 0 saturated carbocycles. The number of halogens is 2. The van der Waals surface area contributed by atoms with Crippen LogP contribution in [0.2, 0.25) is 0 Å². The second kappa shape index (κ2) is 6.60. The Bertz CT molecular complexity index is 710. The fourth-order valence-electron chi connectivity index (χ4n) is 2.63. The van der Waals surface area contributed by atoms with E-state index in [1.54, 1.807) is 18.2 Å². The number of para-hydroxylation sites is 1. The maximum Gasteiger partial charge on any atom is 0.319 e. The maximum atomic E-state index is 13.8. The number of aromatic nitrogens is 1. The number of carbonyl (C=O) groups excluding carboxylic acids is 1. The fraction of sp³-hybridized carbons (Fsp3) is 0.250. The number of hydrogen-bond donors (Lipinski definition) is 2. The summed E-state index contributed by atoms with van der Waals surface area (Å²) in [4.78, 5) is 17.4. The van der Waals surface area contributed by atoms with Crippen molar-refractivity contribution < 1.29 is 13.6 Å². The van der Waals surface area contributed by atoms with Gasteiger partial charge in [0.15, 0.2) is 5.82 Å². The monoisotopic (exact) mass is 318 g/mol. The largest absolute Gasteiger partial charge is 0.367 e. The quantitative estimate of drug-likeness (QED) is 0.915. The molecule has 1 unspecified atom stereocenters. The molecule has 1 saturated heterocycles. The first kappa shape index (κ1) is 15.2. The molecule has 0 bridgehead atoms. The minimum atomic E-state index is -0.595. The van der Waals surface area contributed by atoms with Crippen LogP contribution in [0.4, 0.5) is 25.0 Å². The van der Waals surface area contributed by atoms with Gasteiger partial charge in [-0.2, -0.15) is 0 Å². The van der Waals surface area contributed by atoms with E-state index in [0.717, 1.165) is 6.20 Å². The summed E-state index contributed by atoms with van der Waals surface area (Å²) in [6.07, 6.45) is 3.12. The second-order valence-electron chi connectivity index (χ2n) is 5.34. The lowest BCUT2D eigenvalue weighted by molar-refractivity contribution is 0.249. The molecule has 2 heterocycles. The minimum absolute atomic E-state index is 0.0708. The zero-order chi connectivity index (χ0) is 16.2. The summed E-state index contributed by atoms with van der Waals surface area (Å²) >= 11 is 0. The Balaban J connectivity index is 1.57. The summed E-state index contributed by atoms with van der Waals surface area (Å²) in [7, 11) is 0. The molecule has 120 valence electrons. The number of nitrogens with one attached hydrogen (secondary N) is 2. The van der Waals surface area contributed by atoms with Crippen LogP contribution in [-0.4, -0.2) is 30.1 Å². The average molecular weight is 318 g/mol. The van der Waals surface area contributed by atoms with Crippen molar-refractivity contribution in [2.75, 3.05) is 23.3 Å². The van der Waals surface area contributed by atoms with Crippen molar-refractivity contribution in [3.05, 3.63) is 54.4 Å². The molecular weight excluding hydrogens is 302 g/mol. The van der Waals surface area contributed by atoms with Crippen LogP contribution in [0.1, 0.15) is 6.42 Å². The molecule has 5 nitrogen and oxygen atoms in total. The molecule has 1 atom stereocenters. The first-order chi connectivity index (χ1) is 11.1. The molecule has 3 rings (SSSR count). The Labute approximate surface area is 132 Å². The van der Waals surface area contributed by atoms with Gasteiger partial charge < -0.3 is 15.5 Å². The maximum absolute atomic E-state index is 13.8. The van der Waals surface area contributed by atoms with Crippen LogP contribution >= 0.6 is 0 Å². The van der Waals surface area contributed by atoms with Gasteiger partial charge in [-0.3, -0.25) is 4.98 Å². The van der Waals surface area contributed by atoms with E-state index in [9.17, 15) is 13.6 Å². The van der Waals surface area contributed by atoms with Crippen LogP contribution < -0.4 is 15.5 Å². The highest BCUT2D eigenvalue weighted by Crippen LogP contribution is 2.23. The third-order valence-electron chi connectivity index (χ3n) is 3.74. The normalized spacial score (nSPS) is 17.1. The van der Waals surface area contributed by atoms with E-state index in [1.165, 1.54) is 18.3 Å². The van der Waals surface area contributed by atoms with Gasteiger partial charge in [-0.05, 0) is 24.6 Å². The highest BCUT2D eigenvalue weighted by atomic mass is 19.1. The third kappa shape index (κ3) is 3.56. The van der Waals surface area contributed by atoms with Crippen LogP contribution in [0.5, 0.6) is 0 Å². The first-order valence-electron chi connectivity index (χ1n) is 7.30. The van der Waals surface area contributed by atoms with Crippen LogP contribution in [0, 0.1) is 11.6 Å². The van der Waals surface area contributed by atoms with E-state index in [1.807, 2.05) is 4.90 Å². The van der Waals surface area contributed by atoms with Crippen molar-refractivity contribution in [3.8, 4) is 0 Å².